The lowest BCUT2D eigenvalue weighted by atomic mass is 9.43. The maximum absolute atomic E-state index is 12.6. The van der Waals surface area contributed by atoms with Crippen LogP contribution in [0, 0.1) is 34.5 Å². The fourth-order valence-electron chi connectivity index (χ4n) is 13.0. The number of fused-ring (bicyclic) bond motifs is 5. The first-order valence-electron chi connectivity index (χ1n) is 21.8. The molecule has 4 aliphatic heterocycles. The van der Waals surface area contributed by atoms with Crippen LogP contribution in [-0.4, -0.2) is 183 Å². The van der Waals surface area contributed by atoms with Crippen molar-refractivity contribution in [1.29, 1.82) is 0 Å². The van der Waals surface area contributed by atoms with Crippen molar-refractivity contribution in [3.05, 3.63) is 11.6 Å². The summed E-state index contributed by atoms with van der Waals surface area (Å²) in [4.78, 5) is 12.0. The molecule has 0 spiro atoms. The van der Waals surface area contributed by atoms with Crippen molar-refractivity contribution in [1.82, 2.24) is 0 Å². The van der Waals surface area contributed by atoms with Gasteiger partial charge < -0.3 is 83.9 Å². The van der Waals surface area contributed by atoms with E-state index in [1.165, 1.54) is 7.11 Å². The van der Waals surface area contributed by atoms with Gasteiger partial charge in [-0.15, -0.1) is 0 Å². The average molecular weight is 859 g/mol. The molecule has 4 aliphatic carbocycles. The first-order valence-corrected chi connectivity index (χ1v) is 21.8. The van der Waals surface area contributed by atoms with Crippen molar-refractivity contribution in [2.75, 3.05) is 26.9 Å². The number of ether oxygens (including phenoxy) is 8. The van der Waals surface area contributed by atoms with Gasteiger partial charge in [-0.3, -0.25) is 0 Å². The summed E-state index contributed by atoms with van der Waals surface area (Å²) in [6.07, 6.45) is -11.9. The Morgan fingerprint density at radius 1 is 0.733 bits per heavy atom. The van der Waals surface area contributed by atoms with E-state index in [-0.39, 0.29) is 34.7 Å². The Bertz CT molecular complexity index is 1570. The second-order valence-corrected chi connectivity index (χ2v) is 19.4. The molecule has 4 heterocycles. The van der Waals surface area contributed by atoms with Crippen LogP contribution >= 0.6 is 0 Å². The molecule has 0 unspecified atom stereocenters. The van der Waals surface area contributed by atoms with Crippen LogP contribution in [0.3, 0.4) is 0 Å². The number of carbonyl (C=O) groups is 1. The number of hydrogen-bond acceptors (Lipinski definition) is 18. The highest BCUT2D eigenvalue weighted by atomic mass is 16.8. The predicted octanol–water partition coefficient (Wildman–Crippen LogP) is -1.24. The Morgan fingerprint density at radius 3 is 2.10 bits per heavy atom. The lowest BCUT2D eigenvalue weighted by Crippen LogP contribution is -2.65. The molecule has 0 radical (unpaired) electrons. The molecule has 60 heavy (non-hydrogen) atoms. The third-order valence-corrected chi connectivity index (χ3v) is 16.5. The summed E-state index contributed by atoms with van der Waals surface area (Å²) < 4.78 is 46.6. The van der Waals surface area contributed by atoms with Gasteiger partial charge in [-0.1, -0.05) is 13.8 Å². The van der Waals surface area contributed by atoms with Gasteiger partial charge in [-0.25, -0.2) is 4.79 Å². The molecule has 0 bridgehead atoms. The van der Waals surface area contributed by atoms with Crippen LogP contribution in [0.15, 0.2) is 11.6 Å². The van der Waals surface area contributed by atoms with Crippen molar-refractivity contribution >= 4 is 5.97 Å². The quantitative estimate of drug-likeness (QED) is 0.0918. The monoisotopic (exact) mass is 858 g/mol. The minimum atomic E-state index is -1.77. The molecule has 3 saturated heterocycles. The van der Waals surface area contributed by atoms with E-state index in [1.807, 2.05) is 0 Å². The molecule has 0 aromatic carbocycles. The molecule has 18 heteroatoms. The van der Waals surface area contributed by atoms with Gasteiger partial charge >= 0.3 is 5.97 Å². The number of rotatable bonds is 10. The zero-order chi connectivity index (χ0) is 43.1. The van der Waals surface area contributed by atoms with Gasteiger partial charge in [0.25, 0.3) is 0 Å². The number of aliphatic hydroxyl groups is 9. The Hall–Kier alpha value is -1.43. The van der Waals surface area contributed by atoms with E-state index in [9.17, 15) is 50.8 Å². The first-order chi connectivity index (χ1) is 28.4. The van der Waals surface area contributed by atoms with E-state index in [0.717, 1.165) is 63.4 Å². The van der Waals surface area contributed by atoms with Crippen molar-refractivity contribution in [3.8, 4) is 0 Å². The second kappa shape index (κ2) is 17.2. The summed E-state index contributed by atoms with van der Waals surface area (Å²) in [6, 6.07) is 0. The second-order valence-electron chi connectivity index (χ2n) is 19.4. The molecule has 9 N–H and O–H groups in total. The molecule has 8 aliphatic rings. The summed E-state index contributed by atoms with van der Waals surface area (Å²) in [6.45, 7) is 5.42. The smallest absolute Gasteiger partial charge is 0.331 e. The maximum atomic E-state index is 12.6. The van der Waals surface area contributed by atoms with E-state index in [1.54, 1.807) is 13.0 Å². The van der Waals surface area contributed by atoms with Crippen LogP contribution < -0.4 is 0 Å². The van der Waals surface area contributed by atoms with Crippen molar-refractivity contribution < 1.29 is 88.6 Å². The Kier molecular flexibility index (Phi) is 12.9. The van der Waals surface area contributed by atoms with E-state index < -0.39 is 111 Å². The highest BCUT2D eigenvalue weighted by Gasteiger charge is 2.68. The van der Waals surface area contributed by atoms with Crippen molar-refractivity contribution in [3.63, 3.8) is 0 Å². The molecule has 0 aromatic rings. The van der Waals surface area contributed by atoms with Crippen LogP contribution in [0.5, 0.6) is 0 Å². The Balaban J connectivity index is 0.875. The van der Waals surface area contributed by atoms with Gasteiger partial charge in [0.05, 0.1) is 31.0 Å². The minimum Gasteiger partial charge on any atom is -0.458 e. The van der Waals surface area contributed by atoms with Gasteiger partial charge in [0.1, 0.15) is 73.8 Å². The fraction of sp³-hybridized carbons (Fsp3) is 0.929. The molecule has 342 valence electrons. The Labute approximate surface area is 349 Å². The number of aliphatic hydroxyl groups excluding tert-OH is 8. The highest BCUT2D eigenvalue weighted by molar-refractivity contribution is 5.85. The molecule has 4 saturated carbocycles. The third-order valence-electron chi connectivity index (χ3n) is 16.5. The predicted molar refractivity (Wildman–Crippen MR) is 203 cm³/mol. The first kappa shape index (κ1) is 45.1. The van der Waals surface area contributed by atoms with Gasteiger partial charge in [-0.05, 0) is 99.4 Å². The van der Waals surface area contributed by atoms with Crippen LogP contribution in [0.2, 0.25) is 0 Å². The maximum Gasteiger partial charge on any atom is 0.331 e. The molecule has 8 rings (SSSR count). The van der Waals surface area contributed by atoms with Crippen LogP contribution in [0.1, 0.15) is 78.6 Å². The number of cyclic esters (lactones) is 1. The van der Waals surface area contributed by atoms with E-state index >= 15 is 0 Å². The zero-order valence-electron chi connectivity index (χ0n) is 34.8. The molecule has 18 nitrogen and oxygen atoms in total. The minimum absolute atomic E-state index is 0.00760. The topological polar surface area (TPSA) is 273 Å². The van der Waals surface area contributed by atoms with Crippen LogP contribution in [0.25, 0.3) is 0 Å². The third kappa shape index (κ3) is 7.50. The van der Waals surface area contributed by atoms with Crippen LogP contribution in [0.4, 0.5) is 0 Å². The van der Waals surface area contributed by atoms with Gasteiger partial charge in [0.15, 0.2) is 18.9 Å². The van der Waals surface area contributed by atoms with E-state index in [2.05, 4.69) is 13.8 Å². The summed E-state index contributed by atoms with van der Waals surface area (Å²) in [5, 5.41) is 96.6. The molecular formula is C42H66O18. The fourth-order valence-corrected chi connectivity index (χ4v) is 13.0. The normalized spacial score (nSPS) is 54.4. The standard InChI is InChI=1S/C42H66O18/c1-18-35(60-38-33(50)31(48)29(46)26(59-38)17-55-37-32(49)30(47)28(45)25(15-43)58-37)36(53-4)34(51)39(56-18)57-21-7-10-40(2)20(14-21)5-6-24-23(40)8-11-41(3)22(9-12-42(24,41)52)19-13-27(44)54-16-19/h13,18,20-26,28-39,43,45-52H,5-12,14-17H2,1-4H3/t18-,20+,21-,22+,23+,24-,25-,26-,28+,29+,30-,31-,32-,33-,34-,35-,36+,37+,38-,39+,40-,41+,42-/m0/s1. The number of carbonyl (C=O) groups excluding carboxylic acids is 1. The summed E-state index contributed by atoms with van der Waals surface area (Å²) in [5.74, 6) is 0.725. The van der Waals surface area contributed by atoms with Gasteiger partial charge in [0.2, 0.25) is 0 Å². The SMILES string of the molecule is CO[C@@H]1[C@H](O)[C@@H](O[C@H]2CC[C@@]3(C)[C@H](CC[C@H]4[C@H]3CC[C@]3(C)[C@@H](C5=CC(=O)OC5)CC[C@]43O)C2)O[C@@H](C)[C@@H]1O[C@@H]1O[C@@H](CO[C@@H]2O[C@@H](CO)[C@@H](O)[C@H](O)[C@@H]2O)[C@@H](O)[C@H](O)[C@@H]1O. The molecular weight excluding hydrogens is 792 g/mol. The van der Waals surface area contributed by atoms with Crippen LogP contribution in [-0.2, 0) is 42.7 Å². The average Bonchev–Trinajstić information content (AvgIpc) is 3.78. The molecule has 23 atom stereocenters. The van der Waals surface area contributed by atoms with E-state index in [0.29, 0.717) is 18.4 Å². The summed E-state index contributed by atoms with van der Waals surface area (Å²) in [7, 11) is 1.39. The van der Waals surface area contributed by atoms with Crippen molar-refractivity contribution in [2.45, 2.75) is 182 Å². The number of methoxy groups -OCH3 is 1. The zero-order valence-corrected chi connectivity index (χ0v) is 34.8. The lowest BCUT2D eigenvalue weighted by molar-refractivity contribution is -0.367. The molecule has 0 aromatic heterocycles. The number of esters is 1. The molecule has 0 amide bonds. The van der Waals surface area contributed by atoms with Gasteiger partial charge in [-0.2, -0.15) is 0 Å². The molecule has 7 fully saturated rings. The van der Waals surface area contributed by atoms with Crippen molar-refractivity contribution in [2.24, 2.45) is 34.5 Å². The lowest BCUT2D eigenvalue weighted by Gasteiger charge is -2.64. The summed E-state index contributed by atoms with van der Waals surface area (Å²) in [5.41, 5.74) is -0.0850. The number of hydrogen-bond donors (Lipinski definition) is 9. The van der Waals surface area contributed by atoms with Gasteiger partial charge in [0, 0.05) is 18.6 Å². The Morgan fingerprint density at radius 2 is 1.42 bits per heavy atom. The highest BCUT2D eigenvalue weighted by Crippen LogP contribution is 2.70. The van der Waals surface area contributed by atoms with E-state index in [4.69, 9.17) is 37.9 Å². The largest absolute Gasteiger partial charge is 0.458 e. The summed E-state index contributed by atoms with van der Waals surface area (Å²) >= 11 is 0.